The molecule has 0 N–H and O–H groups in total. The van der Waals surface area contributed by atoms with Gasteiger partial charge in [0.25, 0.3) is 0 Å². The lowest BCUT2D eigenvalue weighted by Gasteiger charge is -2.07. The summed E-state index contributed by atoms with van der Waals surface area (Å²) >= 11 is 0. The van der Waals surface area contributed by atoms with Gasteiger partial charge in [-0.3, -0.25) is 0 Å². The number of fused-ring (bicyclic) bond motifs is 4. The fourth-order valence-corrected chi connectivity index (χ4v) is 3.48. The maximum Gasteiger partial charge on any atom is 0.336 e. The summed E-state index contributed by atoms with van der Waals surface area (Å²) in [6.07, 6.45) is 0. The molecule has 5 rings (SSSR count). The smallest absolute Gasteiger partial charge is 0.336 e. The Morgan fingerprint density at radius 3 is 2.42 bits per heavy atom. The molecule has 0 unspecified atom stereocenters. The Labute approximate surface area is 148 Å². The molecular weight excluding hydrogens is 328 g/mol. The molecule has 0 radical (unpaired) electrons. The molecule has 0 saturated carbocycles. The molecule has 26 heavy (non-hydrogen) atoms. The SMILES string of the molecule is COc1c(-c2cc(=O)oc3c2ccc2ccccc23)oc2ccccc12. The maximum atomic E-state index is 12.3. The Morgan fingerprint density at radius 1 is 0.808 bits per heavy atom. The Bertz CT molecular complexity index is 1340. The summed E-state index contributed by atoms with van der Waals surface area (Å²) in [6, 6.07) is 20.9. The molecule has 126 valence electrons. The fourth-order valence-electron chi connectivity index (χ4n) is 3.48. The molecule has 2 aromatic heterocycles. The van der Waals surface area contributed by atoms with Gasteiger partial charge in [-0.1, -0.05) is 42.5 Å². The monoisotopic (exact) mass is 342 g/mol. The predicted octanol–water partition coefficient (Wildman–Crippen LogP) is 5.37. The van der Waals surface area contributed by atoms with Gasteiger partial charge in [0.15, 0.2) is 11.5 Å². The Morgan fingerprint density at radius 2 is 1.58 bits per heavy atom. The van der Waals surface area contributed by atoms with Crippen LogP contribution in [0.1, 0.15) is 0 Å². The molecule has 0 bridgehead atoms. The molecule has 4 heteroatoms. The van der Waals surface area contributed by atoms with Gasteiger partial charge in [0.2, 0.25) is 0 Å². The van der Waals surface area contributed by atoms with Crippen LogP contribution in [0.4, 0.5) is 0 Å². The summed E-state index contributed by atoms with van der Waals surface area (Å²) < 4.78 is 17.2. The van der Waals surface area contributed by atoms with Gasteiger partial charge >= 0.3 is 5.63 Å². The van der Waals surface area contributed by atoms with Crippen LogP contribution in [-0.2, 0) is 0 Å². The zero-order valence-corrected chi connectivity index (χ0v) is 14.0. The number of rotatable bonds is 2. The van der Waals surface area contributed by atoms with E-state index in [4.69, 9.17) is 13.6 Å². The molecule has 0 aliphatic carbocycles. The quantitative estimate of drug-likeness (QED) is 0.320. The standard InChI is InChI=1S/C22H14O4/c1-24-21-16-8-4-5-9-18(16)25-22(21)17-12-19(23)26-20-14-7-3-2-6-13(14)10-11-15(17)20/h2-12H,1H3. The normalized spacial score (nSPS) is 11.4. The van der Waals surface area contributed by atoms with E-state index in [1.807, 2.05) is 60.7 Å². The van der Waals surface area contributed by atoms with Crippen LogP contribution in [0.5, 0.6) is 5.75 Å². The van der Waals surface area contributed by atoms with Gasteiger partial charge in [-0.25, -0.2) is 4.79 Å². The van der Waals surface area contributed by atoms with Crippen molar-refractivity contribution in [3.05, 3.63) is 77.2 Å². The van der Waals surface area contributed by atoms with E-state index in [0.717, 1.165) is 21.5 Å². The first kappa shape index (κ1) is 14.8. The van der Waals surface area contributed by atoms with Crippen LogP contribution in [-0.4, -0.2) is 7.11 Å². The molecule has 0 aliphatic rings. The zero-order valence-electron chi connectivity index (χ0n) is 14.0. The summed E-state index contributed by atoms with van der Waals surface area (Å²) in [5.41, 5.74) is 1.50. The highest BCUT2D eigenvalue weighted by Crippen LogP contribution is 2.42. The Kier molecular flexibility index (Phi) is 3.12. The van der Waals surface area contributed by atoms with Gasteiger partial charge < -0.3 is 13.6 Å². The minimum absolute atomic E-state index is 0.425. The van der Waals surface area contributed by atoms with E-state index in [1.54, 1.807) is 7.11 Å². The van der Waals surface area contributed by atoms with Crippen LogP contribution in [0.2, 0.25) is 0 Å². The van der Waals surface area contributed by atoms with Crippen molar-refractivity contribution in [1.82, 2.24) is 0 Å². The summed E-state index contributed by atoms with van der Waals surface area (Å²) in [5.74, 6) is 1.14. The van der Waals surface area contributed by atoms with Crippen molar-refractivity contribution in [3.8, 4) is 17.1 Å². The minimum Gasteiger partial charge on any atom is -0.492 e. The van der Waals surface area contributed by atoms with Crippen molar-refractivity contribution in [2.75, 3.05) is 7.11 Å². The van der Waals surface area contributed by atoms with E-state index in [0.29, 0.717) is 28.2 Å². The van der Waals surface area contributed by atoms with Crippen LogP contribution in [0.25, 0.3) is 44.0 Å². The van der Waals surface area contributed by atoms with Crippen LogP contribution in [0.15, 0.2) is 80.4 Å². The zero-order chi connectivity index (χ0) is 17.7. The van der Waals surface area contributed by atoms with E-state index in [-0.39, 0.29) is 0 Å². The molecule has 0 saturated heterocycles. The minimum atomic E-state index is -0.425. The molecule has 4 nitrogen and oxygen atoms in total. The number of hydrogen-bond donors (Lipinski definition) is 0. The summed E-state index contributed by atoms with van der Waals surface area (Å²) in [6.45, 7) is 0. The van der Waals surface area contributed by atoms with E-state index in [9.17, 15) is 4.79 Å². The Balaban J connectivity index is 1.94. The largest absolute Gasteiger partial charge is 0.492 e. The third kappa shape index (κ3) is 2.05. The van der Waals surface area contributed by atoms with Gasteiger partial charge in [-0.2, -0.15) is 0 Å². The van der Waals surface area contributed by atoms with Crippen molar-refractivity contribution in [1.29, 1.82) is 0 Å². The van der Waals surface area contributed by atoms with E-state index in [2.05, 4.69) is 0 Å². The number of furan rings is 1. The highest BCUT2D eigenvalue weighted by atomic mass is 16.5. The number of hydrogen-bond acceptors (Lipinski definition) is 4. The van der Waals surface area contributed by atoms with Crippen molar-refractivity contribution >= 4 is 32.7 Å². The van der Waals surface area contributed by atoms with Gasteiger partial charge in [0, 0.05) is 22.4 Å². The highest BCUT2D eigenvalue weighted by molar-refractivity contribution is 6.09. The topological polar surface area (TPSA) is 52.6 Å². The predicted molar refractivity (Wildman–Crippen MR) is 102 cm³/mol. The van der Waals surface area contributed by atoms with E-state index in [1.165, 1.54) is 6.07 Å². The number of benzene rings is 3. The van der Waals surface area contributed by atoms with Crippen LogP contribution >= 0.6 is 0 Å². The van der Waals surface area contributed by atoms with Gasteiger partial charge in [0.1, 0.15) is 11.2 Å². The number of para-hydroxylation sites is 1. The van der Waals surface area contributed by atoms with E-state index >= 15 is 0 Å². The average Bonchev–Trinajstić information content (AvgIpc) is 3.05. The molecule has 0 aliphatic heterocycles. The van der Waals surface area contributed by atoms with Crippen molar-refractivity contribution in [2.24, 2.45) is 0 Å². The second-order valence-corrected chi connectivity index (χ2v) is 6.10. The number of ether oxygens (including phenoxy) is 1. The van der Waals surface area contributed by atoms with Gasteiger partial charge in [-0.05, 0) is 23.6 Å². The molecule has 2 heterocycles. The molecule has 0 atom stereocenters. The molecule has 5 aromatic rings. The van der Waals surface area contributed by atoms with Crippen LogP contribution in [0, 0.1) is 0 Å². The van der Waals surface area contributed by atoms with Gasteiger partial charge in [-0.15, -0.1) is 0 Å². The van der Waals surface area contributed by atoms with Crippen molar-refractivity contribution in [2.45, 2.75) is 0 Å². The lowest BCUT2D eigenvalue weighted by Crippen LogP contribution is -1.99. The van der Waals surface area contributed by atoms with Crippen molar-refractivity contribution in [3.63, 3.8) is 0 Å². The molecule has 0 spiro atoms. The second kappa shape index (κ2) is 5.49. The molecule has 0 fully saturated rings. The molecular formula is C22H14O4. The Hall–Kier alpha value is -3.53. The lowest BCUT2D eigenvalue weighted by atomic mass is 10.0. The first-order valence-electron chi connectivity index (χ1n) is 8.28. The third-order valence-electron chi connectivity index (χ3n) is 4.63. The first-order valence-corrected chi connectivity index (χ1v) is 8.28. The lowest BCUT2D eigenvalue weighted by molar-refractivity contribution is 0.414. The summed E-state index contributed by atoms with van der Waals surface area (Å²) in [5, 5.41) is 3.57. The molecule has 0 amide bonds. The van der Waals surface area contributed by atoms with Crippen molar-refractivity contribution < 1.29 is 13.6 Å². The highest BCUT2D eigenvalue weighted by Gasteiger charge is 2.20. The van der Waals surface area contributed by atoms with Crippen LogP contribution < -0.4 is 10.4 Å². The summed E-state index contributed by atoms with van der Waals surface area (Å²) in [7, 11) is 1.60. The third-order valence-corrected chi connectivity index (χ3v) is 4.63. The average molecular weight is 342 g/mol. The van der Waals surface area contributed by atoms with Gasteiger partial charge in [0.05, 0.1) is 12.5 Å². The van der Waals surface area contributed by atoms with E-state index < -0.39 is 5.63 Å². The number of methoxy groups -OCH3 is 1. The molecule has 3 aromatic carbocycles. The maximum absolute atomic E-state index is 12.3. The summed E-state index contributed by atoms with van der Waals surface area (Å²) in [4.78, 5) is 12.3. The fraction of sp³-hybridized carbons (Fsp3) is 0.0455. The first-order chi connectivity index (χ1) is 12.8. The van der Waals surface area contributed by atoms with Crippen LogP contribution in [0.3, 0.4) is 0 Å². The second-order valence-electron chi connectivity index (χ2n) is 6.10.